The third-order valence-corrected chi connectivity index (χ3v) is 1.94. The summed E-state index contributed by atoms with van der Waals surface area (Å²) in [7, 11) is 0. The molecular weight excluding hydrogens is 202 g/mol. The van der Waals surface area contributed by atoms with Crippen molar-refractivity contribution in [3.63, 3.8) is 0 Å². The van der Waals surface area contributed by atoms with E-state index in [0.29, 0.717) is 36.2 Å². The summed E-state index contributed by atoms with van der Waals surface area (Å²) in [5.74, 6) is 1.81. The topological polar surface area (TPSA) is 42.2 Å². The maximum Gasteiger partial charge on any atom is 0.162 e. The number of nitrogens with zero attached hydrogens (tertiary/aromatic N) is 1. The average molecular weight is 219 g/mol. The van der Waals surface area contributed by atoms with Crippen LogP contribution >= 0.6 is 0 Å². The Hall–Kier alpha value is -1.69. The molecule has 0 bridgehead atoms. The second-order valence-corrected chi connectivity index (χ2v) is 3.91. The second kappa shape index (κ2) is 6.02. The highest BCUT2D eigenvalue weighted by molar-refractivity contribution is 5.46. The highest BCUT2D eigenvalue weighted by Gasteiger charge is 2.07. The van der Waals surface area contributed by atoms with Crippen molar-refractivity contribution in [3.05, 3.63) is 23.8 Å². The van der Waals surface area contributed by atoms with Crippen LogP contribution in [0.3, 0.4) is 0 Å². The van der Waals surface area contributed by atoms with Crippen molar-refractivity contribution in [3.8, 4) is 17.6 Å². The fraction of sp³-hybridized carbons (Fsp3) is 0.462. The molecule has 0 aliphatic rings. The lowest BCUT2D eigenvalue weighted by atomic mass is 10.2. The van der Waals surface area contributed by atoms with Gasteiger partial charge in [-0.15, -0.1) is 0 Å². The molecule has 1 rings (SSSR count). The summed E-state index contributed by atoms with van der Waals surface area (Å²) in [6, 6.07) is 7.31. The lowest BCUT2D eigenvalue weighted by Crippen LogP contribution is -2.06. The fourth-order valence-corrected chi connectivity index (χ4v) is 1.22. The smallest absolute Gasteiger partial charge is 0.162 e. The lowest BCUT2D eigenvalue weighted by molar-refractivity contribution is 0.248. The van der Waals surface area contributed by atoms with Crippen molar-refractivity contribution in [1.29, 1.82) is 5.26 Å². The van der Waals surface area contributed by atoms with E-state index >= 15 is 0 Å². The summed E-state index contributed by atoms with van der Waals surface area (Å²) in [4.78, 5) is 0. The first-order valence-corrected chi connectivity index (χ1v) is 5.47. The van der Waals surface area contributed by atoms with E-state index in [1.54, 1.807) is 18.2 Å². The van der Waals surface area contributed by atoms with E-state index in [2.05, 4.69) is 19.9 Å². The third kappa shape index (κ3) is 3.47. The standard InChI is InChI=1S/C13H17NO2/c1-4-15-13-7-11(8-14)5-6-12(13)16-9-10(2)3/h5-7,10H,4,9H2,1-3H3. The van der Waals surface area contributed by atoms with Gasteiger partial charge in [0.1, 0.15) is 0 Å². The van der Waals surface area contributed by atoms with Gasteiger partial charge in [0, 0.05) is 6.07 Å². The SMILES string of the molecule is CCOc1cc(C#N)ccc1OCC(C)C. The summed E-state index contributed by atoms with van der Waals surface area (Å²) >= 11 is 0. The number of benzene rings is 1. The van der Waals surface area contributed by atoms with Crippen molar-refractivity contribution in [2.24, 2.45) is 5.92 Å². The van der Waals surface area contributed by atoms with Crippen molar-refractivity contribution in [2.45, 2.75) is 20.8 Å². The van der Waals surface area contributed by atoms with Gasteiger partial charge in [0.25, 0.3) is 0 Å². The van der Waals surface area contributed by atoms with Crippen LogP contribution in [0, 0.1) is 17.2 Å². The molecule has 16 heavy (non-hydrogen) atoms. The molecule has 0 aliphatic heterocycles. The van der Waals surface area contributed by atoms with E-state index in [1.165, 1.54) is 0 Å². The normalized spacial score (nSPS) is 9.94. The quantitative estimate of drug-likeness (QED) is 0.764. The Labute approximate surface area is 96.6 Å². The zero-order chi connectivity index (χ0) is 12.0. The molecule has 0 atom stereocenters. The Morgan fingerprint density at radius 2 is 2.00 bits per heavy atom. The zero-order valence-electron chi connectivity index (χ0n) is 9.99. The van der Waals surface area contributed by atoms with E-state index in [0.717, 1.165) is 0 Å². The summed E-state index contributed by atoms with van der Waals surface area (Å²) < 4.78 is 11.1. The van der Waals surface area contributed by atoms with E-state index < -0.39 is 0 Å². The molecule has 0 unspecified atom stereocenters. The van der Waals surface area contributed by atoms with Crippen LogP contribution in [-0.4, -0.2) is 13.2 Å². The minimum atomic E-state index is 0.463. The first kappa shape index (κ1) is 12.4. The zero-order valence-corrected chi connectivity index (χ0v) is 9.99. The molecule has 0 N–H and O–H groups in total. The highest BCUT2D eigenvalue weighted by Crippen LogP contribution is 2.28. The van der Waals surface area contributed by atoms with Crippen LogP contribution in [-0.2, 0) is 0 Å². The number of hydrogen-bond acceptors (Lipinski definition) is 3. The van der Waals surface area contributed by atoms with Crippen molar-refractivity contribution < 1.29 is 9.47 Å². The minimum absolute atomic E-state index is 0.463. The summed E-state index contributed by atoms with van der Waals surface area (Å²) in [5.41, 5.74) is 0.584. The molecule has 0 spiro atoms. The van der Waals surface area contributed by atoms with Gasteiger partial charge in [0.05, 0.1) is 24.8 Å². The first-order valence-electron chi connectivity index (χ1n) is 5.47. The molecule has 0 aliphatic carbocycles. The third-order valence-electron chi connectivity index (χ3n) is 1.94. The molecule has 86 valence electrons. The average Bonchev–Trinajstić information content (AvgIpc) is 2.27. The van der Waals surface area contributed by atoms with Crippen molar-refractivity contribution in [1.82, 2.24) is 0 Å². The molecule has 0 heterocycles. The van der Waals surface area contributed by atoms with E-state index in [9.17, 15) is 0 Å². The Bertz CT molecular complexity index is 380. The number of ether oxygens (including phenoxy) is 2. The summed E-state index contributed by atoms with van der Waals surface area (Å²) in [5, 5.41) is 8.79. The molecule has 0 saturated heterocycles. The monoisotopic (exact) mass is 219 g/mol. The molecule has 3 heteroatoms. The largest absolute Gasteiger partial charge is 0.490 e. The van der Waals surface area contributed by atoms with Crippen molar-refractivity contribution in [2.75, 3.05) is 13.2 Å². The Morgan fingerprint density at radius 3 is 2.56 bits per heavy atom. The van der Waals surface area contributed by atoms with Crippen LogP contribution in [0.15, 0.2) is 18.2 Å². The molecule has 0 saturated carbocycles. The van der Waals surface area contributed by atoms with Gasteiger partial charge in [0.15, 0.2) is 11.5 Å². The molecule has 0 aromatic heterocycles. The van der Waals surface area contributed by atoms with E-state index in [-0.39, 0.29) is 0 Å². The Kier molecular flexibility index (Phi) is 4.65. The van der Waals surface area contributed by atoms with Gasteiger partial charge in [-0.25, -0.2) is 0 Å². The van der Waals surface area contributed by atoms with Crippen LogP contribution in [0.1, 0.15) is 26.3 Å². The minimum Gasteiger partial charge on any atom is -0.490 e. The summed E-state index contributed by atoms with van der Waals surface area (Å²) in [6.07, 6.45) is 0. The Morgan fingerprint density at radius 1 is 1.25 bits per heavy atom. The summed E-state index contributed by atoms with van der Waals surface area (Å²) in [6.45, 7) is 7.29. The molecule has 3 nitrogen and oxygen atoms in total. The molecule has 0 radical (unpaired) electrons. The number of nitriles is 1. The fourth-order valence-electron chi connectivity index (χ4n) is 1.22. The van der Waals surface area contributed by atoms with E-state index in [1.807, 2.05) is 6.92 Å². The van der Waals surface area contributed by atoms with Gasteiger partial charge < -0.3 is 9.47 Å². The molecule has 0 amide bonds. The maximum atomic E-state index is 8.79. The van der Waals surface area contributed by atoms with Crippen LogP contribution in [0.25, 0.3) is 0 Å². The Balaban J connectivity index is 2.85. The van der Waals surface area contributed by atoms with E-state index in [4.69, 9.17) is 14.7 Å². The predicted molar refractivity (Wildman–Crippen MR) is 62.7 cm³/mol. The van der Waals surface area contributed by atoms with Gasteiger partial charge in [-0.1, -0.05) is 13.8 Å². The maximum absolute atomic E-state index is 8.79. The number of hydrogen-bond donors (Lipinski definition) is 0. The van der Waals surface area contributed by atoms with Gasteiger partial charge in [-0.3, -0.25) is 0 Å². The van der Waals surface area contributed by atoms with Crippen LogP contribution < -0.4 is 9.47 Å². The molecule has 1 aromatic rings. The predicted octanol–water partition coefficient (Wildman–Crippen LogP) is 2.99. The van der Waals surface area contributed by atoms with Gasteiger partial charge in [0.2, 0.25) is 0 Å². The van der Waals surface area contributed by atoms with Gasteiger partial charge in [-0.05, 0) is 25.0 Å². The lowest BCUT2D eigenvalue weighted by Gasteiger charge is -2.13. The van der Waals surface area contributed by atoms with Gasteiger partial charge >= 0.3 is 0 Å². The molecular formula is C13H17NO2. The van der Waals surface area contributed by atoms with Crippen LogP contribution in [0.4, 0.5) is 0 Å². The molecule has 1 aromatic carbocycles. The first-order chi connectivity index (χ1) is 7.67. The second-order valence-electron chi connectivity index (χ2n) is 3.91. The highest BCUT2D eigenvalue weighted by atomic mass is 16.5. The molecule has 0 fully saturated rings. The van der Waals surface area contributed by atoms with Gasteiger partial charge in [-0.2, -0.15) is 5.26 Å². The van der Waals surface area contributed by atoms with Crippen LogP contribution in [0.5, 0.6) is 11.5 Å². The van der Waals surface area contributed by atoms with Crippen LogP contribution in [0.2, 0.25) is 0 Å². The number of rotatable bonds is 5. The van der Waals surface area contributed by atoms with Crippen molar-refractivity contribution >= 4 is 0 Å².